The van der Waals surface area contributed by atoms with Crippen molar-refractivity contribution < 1.29 is 23.1 Å². The summed E-state index contributed by atoms with van der Waals surface area (Å²) in [6, 6.07) is 14.0. The van der Waals surface area contributed by atoms with Crippen LogP contribution in [0.1, 0.15) is 56.3 Å². The number of rotatable bonds is 8. The fraction of sp³-hybridized carbons (Fsp3) is 0.407. The Labute approximate surface area is 202 Å². The Bertz CT molecular complexity index is 1150. The molecular formula is C27H28F3N3O2. The summed E-state index contributed by atoms with van der Waals surface area (Å²) in [6.07, 6.45) is -0.109. The Morgan fingerprint density at radius 3 is 2.63 bits per heavy atom. The highest BCUT2D eigenvalue weighted by atomic mass is 19.4. The van der Waals surface area contributed by atoms with Crippen molar-refractivity contribution in [2.45, 2.75) is 57.3 Å². The molecule has 1 heterocycles. The minimum atomic E-state index is -4.53. The number of anilines is 2. The highest BCUT2D eigenvalue weighted by molar-refractivity contribution is 6.07. The van der Waals surface area contributed by atoms with E-state index in [1.165, 1.54) is 23.8 Å². The zero-order chi connectivity index (χ0) is 25.2. The Balaban J connectivity index is 1.60. The zero-order valence-electron chi connectivity index (χ0n) is 19.4. The lowest BCUT2D eigenvalue weighted by molar-refractivity contribution is -0.164. The summed E-state index contributed by atoms with van der Waals surface area (Å²) in [6.45, 7) is 1.64. The maximum absolute atomic E-state index is 13.9. The van der Waals surface area contributed by atoms with Crippen LogP contribution in [0.3, 0.4) is 0 Å². The molecule has 1 fully saturated rings. The molecule has 8 heteroatoms. The van der Waals surface area contributed by atoms with Crippen LogP contribution in [0.4, 0.5) is 24.5 Å². The summed E-state index contributed by atoms with van der Waals surface area (Å²) in [7, 11) is 0. The van der Waals surface area contributed by atoms with Gasteiger partial charge in [0, 0.05) is 17.4 Å². The number of alkyl halides is 3. The molecule has 2 aromatic carbocycles. The SMILES string of the molecule is CCC1C(C(F)(F)F)C=C(C(=O)Nc2cccc(C(O)CCC3CC3)c2)N1c1cccc(C#N)c1. The second kappa shape index (κ2) is 10.1. The van der Waals surface area contributed by atoms with Gasteiger partial charge in [-0.3, -0.25) is 4.79 Å². The molecule has 0 aromatic heterocycles. The van der Waals surface area contributed by atoms with Gasteiger partial charge in [-0.2, -0.15) is 18.4 Å². The van der Waals surface area contributed by atoms with Crippen LogP contribution in [0, 0.1) is 23.2 Å². The minimum Gasteiger partial charge on any atom is -0.388 e. The lowest BCUT2D eigenvalue weighted by Crippen LogP contribution is -2.41. The number of nitrogens with one attached hydrogen (secondary N) is 1. The van der Waals surface area contributed by atoms with Crippen molar-refractivity contribution in [2.75, 3.05) is 10.2 Å². The number of halogens is 3. The van der Waals surface area contributed by atoms with Gasteiger partial charge in [-0.25, -0.2) is 0 Å². The van der Waals surface area contributed by atoms with E-state index in [0.717, 1.165) is 12.5 Å². The first-order valence-corrected chi connectivity index (χ1v) is 11.9. The van der Waals surface area contributed by atoms with E-state index < -0.39 is 30.1 Å². The molecular weight excluding hydrogens is 455 g/mol. The summed E-state index contributed by atoms with van der Waals surface area (Å²) in [4.78, 5) is 14.7. The molecule has 0 saturated heterocycles. The lowest BCUT2D eigenvalue weighted by Gasteiger charge is -2.32. The maximum atomic E-state index is 13.9. The summed E-state index contributed by atoms with van der Waals surface area (Å²) in [5.74, 6) is -1.82. The second-order valence-corrected chi connectivity index (χ2v) is 9.24. The Hall–Kier alpha value is -3.31. The molecule has 1 saturated carbocycles. The van der Waals surface area contributed by atoms with E-state index in [1.54, 1.807) is 49.4 Å². The van der Waals surface area contributed by atoms with Crippen molar-refractivity contribution in [3.8, 4) is 6.07 Å². The minimum absolute atomic E-state index is 0.117. The van der Waals surface area contributed by atoms with E-state index in [2.05, 4.69) is 5.32 Å². The molecule has 5 nitrogen and oxygen atoms in total. The molecule has 35 heavy (non-hydrogen) atoms. The smallest absolute Gasteiger partial charge is 0.388 e. The van der Waals surface area contributed by atoms with Gasteiger partial charge in [0.05, 0.1) is 23.7 Å². The average molecular weight is 484 g/mol. The number of carbonyl (C=O) groups is 1. The highest BCUT2D eigenvalue weighted by Gasteiger charge is 2.50. The monoisotopic (exact) mass is 483 g/mol. The topological polar surface area (TPSA) is 76.4 Å². The number of amides is 1. The lowest BCUT2D eigenvalue weighted by atomic mass is 9.98. The van der Waals surface area contributed by atoms with Crippen molar-refractivity contribution >= 4 is 17.3 Å². The van der Waals surface area contributed by atoms with Gasteiger partial charge in [0.25, 0.3) is 5.91 Å². The van der Waals surface area contributed by atoms with Crippen LogP contribution >= 0.6 is 0 Å². The fourth-order valence-electron chi connectivity index (χ4n) is 4.68. The van der Waals surface area contributed by atoms with Gasteiger partial charge in [0.2, 0.25) is 0 Å². The number of nitrogens with zero attached hydrogens (tertiary/aromatic N) is 2. The van der Waals surface area contributed by atoms with E-state index >= 15 is 0 Å². The van der Waals surface area contributed by atoms with Crippen molar-refractivity contribution in [3.63, 3.8) is 0 Å². The molecule has 1 aliphatic carbocycles. The van der Waals surface area contributed by atoms with Gasteiger partial charge in [-0.05, 0) is 67.2 Å². The number of hydrogen-bond acceptors (Lipinski definition) is 4. The van der Waals surface area contributed by atoms with Gasteiger partial charge >= 0.3 is 6.18 Å². The van der Waals surface area contributed by atoms with E-state index in [1.807, 2.05) is 6.07 Å². The maximum Gasteiger partial charge on any atom is 0.397 e. The molecule has 0 radical (unpaired) electrons. The van der Waals surface area contributed by atoms with Gasteiger partial charge in [-0.15, -0.1) is 0 Å². The summed E-state index contributed by atoms with van der Waals surface area (Å²) < 4.78 is 41.7. The van der Waals surface area contributed by atoms with Gasteiger partial charge in [0.1, 0.15) is 5.70 Å². The van der Waals surface area contributed by atoms with E-state index in [0.29, 0.717) is 34.8 Å². The first-order chi connectivity index (χ1) is 16.7. The normalized spacial score (nSPS) is 20.8. The first kappa shape index (κ1) is 24.8. The second-order valence-electron chi connectivity index (χ2n) is 9.24. The highest BCUT2D eigenvalue weighted by Crippen LogP contribution is 2.43. The Morgan fingerprint density at radius 2 is 1.97 bits per heavy atom. The van der Waals surface area contributed by atoms with Gasteiger partial charge in [-0.1, -0.05) is 38.0 Å². The number of hydrogen-bond donors (Lipinski definition) is 2. The van der Waals surface area contributed by atoms with Crippen LogP contribution in [0.15, 0.2) is 60.3 Å². The molecule has 0 bridgehead atoms. The number of aliphatic hydroxyl groups is 1. The molecule has 2 aliphatic rings. The van der Waals surface area contributed by atoms with Crippen molar-refractivity contribution in [2.24, 2.45) is 11.8 Å². The van der Waals surface area contributed by atoms with Gasteiger partial charge < -0.3 is 15.3 Å². The molecule has 184 valence electrons. The Kier molecular flexibility index (Phi) is 7.18. The summed E-state index contributed by atoms with van der Waals surface area (Å²) >= 11 is 0. The third-order valence-corrected chi connectivity index (χ3v) is 6.70. The summed E-state index contributed by atoms with van der Waals surface area (Å²) in [5.41, 5.74) is 1.58. The predicted octanol–water partition coefficient (Wildman–Crippen LogP) is 6.08. The number of nitriles is 1. The molecule has 3 unspecified atom stereocenters. The third-order valence-electron chi connectivity index (χ3n) is 6.70. The largest absolute Gasteiger partial charge is 0.397 e. The standard InChI is InChI=1S/C27H28F3N3O2/c1-2-23-22(27(28,29)30)15-24(33(23)21-8-3-5-18(13-21)16-31)26(35)32-20-7-4-6-19(14-20)25(34)12-11-17-9-10-17/h3-8,13-15,17,22-23,25,34H,2,9-12H2,1H3,(H,32,35). The molecule has 3 atom stereocenters. The van der Waals surface area contributed by atoms with Crippen LogP contribution in [-0.4, -0.2) is 23.2 Å². The van der Waals surface area contributed by atoms with Gasteiger partial charge in [0.15, 0.2) is 0 Å². The number of benzene rings is 2. The molecule has 1 aliphatic heterocycles. The van der Waals surface area contributed by atoms with Crippen LogP contribution in [0.2, 0.25) is 0 Å². The quantitative estimate of drug-likeness (QED) is 0.477. The number of aliphatic hydroxyl groups excluding tert-OH is 1. The van der Waals surface area contributed by atoms with Crippen LogP contribution < -0.4 is 10.2 Å². The van der Waals surface area contributed by atoms with Crippen LogP contribution in [-0.2, 0) is 4.79 Å². The Morgan fingerprint density at radius 1 is 1.23 bits per heavy atom. The predicted molar refractivity (Wildman–Crippen MR) is 127 cm³/mol. The van der Waals surface area contributed by atoms with Crippen molar-refractivity contribution in [1.29, 1.82) is 5.26 Å². The van der Waals surface area contributed by atoms with E-state index in [4.69, 9.17) is 0 Å². The zero-order valence-corrected chi connectivity index (χ0v) is 19.4. The summed E-state index contributed by atoms with van der Waals surface area (Å²) in [5, 5.41) is 22.5. The first-order valence-electron chi connectivity index (χ1n) is 11.9. The fourth-order valence-corrected chi connectivity index (χ4v) is 4.68. The van der Waals surface area contributed by atoms with Crippen LogP contribution in [0.5, 0.6) is 0 Å². The molecule has 2 aromatic rings. The van der Waals surface area contributed by atoms with E-state index in [-0.39, 0.29) is 12.1 Å². The van der Waals surface area contributed by atoms with Crippen LogP contribution in [0.25, 0.3) is 0 Å². The molecule has 4 rings (SSSR count). The van der Waals surface area contributed by atoms with Crippen molar-refractivity contribution in [1.82, 2.24) is 0 Å². The average Bonchev–Trinajstić information content (AvgIpc) is 3.58. The third kappa shape index (κ3) is 5.68. The molecule has 1 amide bonds. The number of carbonyl (C=O) groups excluding carboxylic acids is 1. The molecule has 0 spiro atoms. The molecule has 2 N–H and O–H groups in total. The van der Waals surface area contributed by atoms with Crippen molar-refractivity contribution in [3.05, 3.63) is 71.4 Å². The van der Waals surface area contributed by atoms with E-state index in [9.17, 15) is 28.3 Å².